The normalized spacial score (nSPS) is 10.4. The van der Waals surface area contributed by atoms with Gasteiger partial charge in [0.05, 0.1) is 11.8 Å². The molecule has 5 nitrogen and oxygen atoms in total. The van der Waals surface area contributed by atoms with Crippen LogP contribution in [0.15, 0.2) is 36.7 Å². The summed E-state index contributed by atoms with van der Waals surface area (Å²) in [6, 6.07) is 7.56. The second kappa shape index (κ2) is 6.92. The molecule has 0 fully saturated rings. The number of aromatic nitrogens is 2. The number of para-hydroxylation sites is 1. The molecule has 2 aromatic rings. The summed E-state index contributed by atoms with van der Waals surface area (Å²) in [7, 11) is 3.52. The minimum atomic E-state index is -0.000205. The fourth-order valence-corrected chi connectivity index (χ4v) is 2.11. The van der Waals surface area contributed by atoms with E-state index in [4.69, 9.17) is 0 Å². The molecule has 0 radical (unpaired) electrons. The molecule has 1 aromatic carbocycles. The van der Waals surface area contributed by atoms with Gasteiger partial charge in [0.25, 0.3) is 5.91 Å². The quantitative estimate of drug-likeness (QED) is 0.888. The molecule has 112 valence electrons. The van der Waals surface area contributed by atoms with Gasteiger partial charge in [-0.05, 0) is 18.6 Å². The number of anilines is 1. The maximum atomic E-state index is 12.1. The van der Waals surface area contributed by atoms with Crippen molar-refractivity contribution in [1.82, 2.24) is 14.7 Å². The summed E-state index contributed by atoms with van der Waals surface area (Å²) < 4.78 is 1.94. The van der Waals surface area contributed by atoms with Crippen molar-refractivity contribution < 1.29 is 4.79 Å². The fourth-order valence-electron chi connectivity index (χ4n) is 2.11. The predicted molar refractivity (Wildman–Crippen MR) is 84.3 cm³/mol. The molecule has 21 heavy (non-hydrogen) atoms. The van der Waals surface area contributed by atoms with Crippen molar-refractivity contribution in [2.45, 2.75) is 26.4 Å². The smallest absolute Gasteiger partial charge is 0.255 e. The van der Waals surface area contributed by atoms with E-state index in [9.17, 15) is 4.79 Å². The Morgan fingerprint density at radius 1 is 1.33 bits per heavy atom. The molecule has 5 heteroatoms. The van der Waals surface area contributed by atoms with Crippen LogP contribution in [0, 0.1) is 0 Å². The summed E-state index contributed by atoms with van der Waals surface area (Å²) in [4.78, 5) is 13.7. The zero-order valence-electron chi connectivity index (χ0n) is 12.8. The number of hydrogen-bond donors (Lipinski definition) is 1. The molecule has 0 unspecified atom stereocenters. The van der Waals surface area contributed by atoms with Crippen molar-refractivity contribution in [1.29, 1.82) is 0 Å². The lowest BCUT2D eigenvalue weighted by Crippen LogP contribution is -2.22. The summed E-state index contributed by atoms with van der Waals surface area (Å²) in [5, 5.41) is 7.63. The first-order valence-corrected chi connectivity index (χ1v) is 7.17. The Kier molecular flexibility index (Phi) is 4.98. The molecule has 1 heterocycles. The molecule has 0 saturated heterocycles. The SMILES string of the molecule is CCCn1cc(CNc2ccccc2C(=O)N(C)C)cn1. The number of hydrogen-bond acceptors (Lipinski definition) is 3. The molecule has 0 saturated carbocycles. The second-order valence-corrected chi connectivity index (χ2v) is 5.21. The number of nitrogens with one attached hydrogen (secondary N) is 1. The van der Waals surface area contributed by atoms with Crippen LogP contribution in [0.3, 0.4) is 0 Å². The van der Waals surface area contributed by atoms with Gasteiger partial charge in [0.2, 0.25) is 0 Å². The van der Waals surface area contributed by atoms with Crippen LogP contribution in [0.25, 0.3) is 0 Å². The van der Waals surface area contributed by atoms with Crippen molar-refractivity contribution in [3.05, 3.63) is 47.8 Å². The van der Waals surface area contributed by atoms with Crippen LogP contribution in [0.1, 0.15) is 29.3 Å². The minimum Gasteiger partial charge on any atom is -0.380 e. The zero-order valence-corrected chi connectivity index (χ0v) is 12.8. The third-order valence-corrected chi connectivity index (χ3v) is 3.19. The van der Waals surface area contributed by atoms with Gasteiger partial charge in [-0.2, -0.15) is 5.10 Å². The van der Waals surface area contributed by atoms with E-state index in [-0.39, 0.29) is 5.91 Å². The van der Waals surface area contributed by atoms with Crippen LogP contribution in [0.5, 0.6) is 0 Å². The second-order valence-electron chi connectivity index (χ2n) is 5.21. The monoisotopic (exact) mass is 286 g/mol. The Labute approximate surface area is 125 Å². The maximum absolute atomic E-state index is 12.1. The van der Waals surface area contributed by atoms with Gasteiger partial charge < -0.3 is 10.2 Å². The van der Waals surface area contributed by atoms with Crippen LogP contribution in [0.4, 0.5) is 5.69 Å². The standard InChI is InChI=1S/C16H22N4O/c1-4-9-20-12-13(11-18-20)10-17-15-8-6-5-7-14(15)16(21)19(2)3/h5-8,11-12,17H,4,9-10H2,1-3H3. The molecule has 0 aliphatic carbocycles. The zero-order chi connectivity index (χ0) is 15.2. The van der Waals surface area contributed by atoms with Crippen molar-refractivity contribution in [2.24, 2.45) is 0 Å². The molecule has 0 atom stereocenters. The van der Waals surface area contributed by atoms with E-state index in [2.05, 4.69) is 17.3 Å². The van der Waals surface area contributed by atoms with E-state index in [1.807, 2.05) is 41.3 Å². The molecular formula is C16H22N4O. The first kappa shape index (κ1) is 15.1. The van der Waals surface area contributed by atoms with Gasteiger partial charge in [-0.1, -0.05) is 19.1 Å². The summed E-state index contributed by atoms with van der Waals surface area (Å²) in [5.41, 5.74) is 2.64. The molecular weight excluding hydrogens is 264 g/mol. The highest BCUT2D eigenvalue weighted by Crippen LogP contribution is 2.17. The van der Waals surface area contributed by atoms with Crippen LogP contribution in [-0.4, -0.2) is 34.7 Å². The number of nitrogens with zero attached hydrogens (tertiary/aromatic N) is 3. The van der Waals surface area contributed by atoms with Crippen molar-refractivity contribution in [3.8, 4) is 0 Å². The number of carbonyl (C=O) groups excluding carboxylic acids is 1. The lowest BCUT2D eigenvalue weighted by atomic mass is 10.1. The number of carbonyl (C=O) groups is 1. The molecule has 0 aliphatic rings. The highest BCUT2D eigenvalue weighted by Gasteiger charge is 2.12. The van der Waals surface area contributed by atoms with Gasteiger partial charge in [0.15, 0.2) is 0 Å². The van der Waals surface area contributed by atoms with Gasteiger partial charge in [-0.15, -0.1) is 0 Å². The molecule has 0 bridgehead atoms. The van der Waals surface area contributed by atoms with Gasteiger partial charge >= 0.3 is 0 Å². The van der Waals surface area contributed by atoms with Crippen LogP contribution < -0.4 is 5.32 Å². The minimum absolute atomic E-state index is 0.000205. The van der Waals surface area contributed by atoms with Gasteiger partial charge in [0.1, 0.15) is 0 Å². The lowest BCUT2D eigenvalue weighted by molar-refractivity contribution is 0.0828. The summed E-state index contributed by atoms with van der Waals surface area (Å²) >= 11 is 0. The van der Waals surface area contributed by atoms with E-state index < -0.39 is 0 Å². The number of aryl methyl sites for hydroxylation is 1. The van der Waals surface area contributed by atoms with E-state index in [1.54, 1.807) is 19.0 Å². The number of rotatable bonds is 6. The van der Waals surface area contributed by atoms with E-state index in [0.717, 1.165) is 24.2 Å². The van der Waals surface area contributed by atoms with Crippen molar-refractivity contribution in [3.63, 3.8) is 0 Å². The number of benzene rings is 1. The van der Waals surface area contributed by atoms with Crippen LogP contribution in [0.2, 0.25) is 0 Å². The van der Waals surface area contributed by atoms with Crippen LogP contribution in [-0.2, 0) is 13.1 Å². The van der Waals surface area contributed by atoms with E-state index in [0.29, 0.717) is 12.1 Å². The highest BCUT2D eigenvalue weighted by atomic mass is 16.2. The van der Waals surface area contributed by atoms with Gasteiger partial charge in [-0.25, -0.2) is 0 Å². The average Bonchev–Trinajstić information content (AvgIpc) is 2.92. The molecule has 2 rings (SSSR count). The third kappa shape index (κ3) is 3.84. The Bertz CT molecular complexity index is 604. The fraction of sp³-hybridized carbons (Fsp3) is 0.375. The highest BCUT2D eigenvalue weighted by molar-refractivity contribution is 5.99. The third-order valence-electron chi connectivity index (χ3n) is 3.19. The molecule has 0 aliphatic heterocycles. The van der Waals surface area contributed by atoms with Gasteiger partial charge in [-0.3, -0.25) is 9.48 Å². The molecule has 1 amide bonds. The number of amides is 1. The summed E-state index contributed by atoms with van der Waals surface area (Å²) in [5.74, 6) is -0.000205. The Hall–Kier alpha value is -2.30. The average molecular weight is 286 g/mol. The Morgan fingerprint density at radius 3 is 2.81 bits per heavy atom. The largest absolute Gasteiger partial charge is 0.380 e. The predicted octanol–water partition coefficient (Wildman–Crippen LogP) is 2.61. The maximum Gasteiger partial charge on any atom is 0.255 e. The van der Waals surface area contributed by atoms with Gasteiger partial charge in [0, 0.05) is 44.6 Å². The summed E-state index contributed by atoms with van der Waals surface area (Å²) in [6.07, 6.45) is 4.96. The van der Waals surface area contributed by atoms with E-state index in [1.165, 1.54) is 0 Å². The first-order valence-electron chi connectivity index (χ1n) is 7.17. The van der Waals surface area contributed by atoms with Crippen LogP contribution >= 0.6 is 0 Å². The van der Waals surface area contributed by atoms with Crippen molar-refractivity contribution in [2.75, 3.05) is 19.4 Å². The topological polar surface area (TPSA) is 50.2 Å². The Balaban J connectivity index is 2.07. The molecule has 0 spiro atoms. The molecule has 1 aromatic heterocycles. The Morgan fingerprint density at radius 2 is 2.10 bits per heavy atom. The van der Waals surface area contributed by atoms with Crippen molar-refractivity contribution >= 4 is 11.6 Å². The lowest BCUT2D eigenvalue weighted by Gasteiger charge is -2.14. The van der Waals surface area contributed by atoms with E-state index >= 15 is 0 Å². The summed E-state index contributed by atoms with van der Waals surface area (Å²) in [6.45, 7) is 3.71. The first-order chi connectivity index (χ1) is 10.1. The molecule has 1 N–H and O–H groups in total.